The van der Waals surface area contributed by atoms with Crippen molar-refractivity contribution < 1.29 is 24.2 Å². The van der Waals surface area contributed by atoms with Crippen molar-refractivity contribution >= 4 is 18.0 Å². The first kappa shape index (κ1) is 16.3. The van der Waals surface area contributed by atoms with Crippen LogP contribution in [0.3, 0.4) is 0 Å². The number of rotatable bonds is 5. The smallest absolute Gasteiger partial charge is 0.317 e. The number of carbonyl (C=O) groups is 3. The highest BCUT2D eigenvalue weighted by Gasteiger charge is 2.48. The third kappa shape index (κ3) is 3.40. The van der Waals surface area contributed by atoms with Crippen LogP contribution in [0.2, 0.25) is 0 Å². The predicted octanol–water partition coefficient (Wildman–Crippen LogP) is 0.692. The molecular formula is C13H22N2O5. The third-order valence-corrected chi connectivity index (χ3v) is 3.95. The molecule has 0 radical (unpaired) electrons. The molecule has 20 heavy (non-hydrogen) atoms. The maximum Gasteiger partial charge on any atom is 0.317 e. The number of likely N-dealkylation sites (tertiary alicyclic amines) is 1. The van der Waals surface area contributed by atoms with Gasteiger partial charge < -0.3 is 20.1 Å². The van der Waals surface area contributed by atoms with Crippen molar-refractivity contribution in [2.24, 2.45) is 11.3 Å². The quantitative estimate of drug-likeness (QED) is 0.725. The van der Waals surface area contributed by atoms with Crippen LogP contribution < -0.4 is 5.32 Å². The maximum absolute atomic E-state index is 11.9. The number of methoxy groups -OCH3 is 1. The molecule has 0 spiro atoms. The summed E-state index contributed by atoms with van der Waals surface area (Å²) >= 11 is 0. The molecule has 1 atom stereocenters. The summed E-state index contributed by atoms with van der Waals surface area (Å²) in [5, 5.41) is 12.0. The molecule has 7 nitrogen and oxygen atoms in total. The molecular weight excluding hydrogens is 264 g/mol. The third-order valence-electron chi connectivity index (χ3n) is 3.95. The van der Waals surface area contributed by atoms with Crippen molar-refractivity contribution in [1.82, 2.24) is 10.2 Å². The number of hydrogen-bond acceptors (Lipinski definition) is 4. The van der Waals surface area contributed by atoms with Crippen molar-refractivity contribution in [3.8, 4) is 0 Å². The second kappa shape index (κ2) is 6.58. The van der Waals surface area contributed by atoms with E-state index in [1.54, 1.807) is 0 Å². The van der Waals surface area contributed by atoms with E-state index in [2.05, 4.69) is 10.1 Å². The second-order valence-electron chi connectivity index (χ2n) is 5.35. The van der Waals surface area contributed by atoms with E-state index in [1.165, 1.54) is 12.0 Å². The summed E-state index contributed by atoms with van der Waals surface area (Å²) in [6.45, 7) is 4.50. The van der Waals surface area contributed by atoms with E-state index in [9.17, 15) is 19.5 Å². The van der Waals surface area contributed by atoms with Crippen molar-refractivity contribution in [3.63, 3.8) is 0 Å². The number of urea groups is 1. The fraction of sp³-hybridized carbons (Fsp3) is 0.769. The molecule has 1 aliphatic heterocycles. The number of carboxylic acid groups (broad SMARTS) is 1. The number of ether oxygens (including phenoxy) is 1. The molecule has 0 aromatic carbocycles. The Morgan fingerprint density at radius 1 is 1.40 bits per heavy atom. The van der Waals surface area contributed by atoms with Gasteiger partial charge in [-0.15, -0.1) is 0 Å². The van der Waals surface area contributed by atoms with Gasteiger partial charge in [0.1, 0.15) is 0 Å². The van der Waals surface area contributed by atoms with Crippen LogP contribution in [0.5, 0.6) is 0 Å². The molecule has 1 fully saturated rings. The average molecular weight is 286 g/mol. The van der Waals surface area contributed by atoms with Crippen LogP contribution in [0.1, 0.15) is 26.7 Å². The van der Waals surface area contributed by atoms with E-state index in [-0.39, 0.29) is 31.5 Å². The molecule has 1 saturated heterocycles. The van der Waals surface area contributed by atoms with Crippen LogP contribution in [-0.4, -0.2) is 54.7 Å². The minimum absolute atomic E-state index is 0.0483. The molecule has 0 aromatic rings. The van der Waals surface area contributed by atoms with Crippen molar-refractivity contribution in [2.45, 2.75) is 26.7 Å². The molecule has 0 saturated carbocycles. The summed E-state index contributed by atoms with van der Waals surface area (Å²) in [5.41, 5.74) is -0.875. The van der Waals surface area contributed by atoms with Crippen molar-refractivity contribution in [3.05, 3.63) is 0 Å². The highest BCUT2D eigenvalue weighted by atomic mass is 16.5. The van der Waals surface area contributed by atoms with E-state index in [0.29, 0.717) is 13.0 Å². The van der Waals surface area contributed by atoms with Crippen LogP contribution in [0, 0.1) is 11.3 Å². The van der Waals surface area contributed by atoms with Gasteiger partial charge in [0.05, 0.1) is 18.9 Å². The Hall–Kier alpha value is -1.79. The molecule has 114 valence electrons. The Balaban J connectivity index is 2.52. The topological polar surface area (TPSA) is 95.9 Å². The minimum Gasteiger partial charge on any atom is -0.481 e. The van der Waals surface area contributed by atoms with E-state index in [0.717, 1.165) is 0 Å². The van der Waals surface area contributed by atoms with Crippen molar-refractivity contribution in [2.75, 3.05) is 26.7 Å². The summed E-state index contributed by atoms with van der Waals surface area (Å²) in [4.78, 5) is 35.8. The predicted molar refractivity (Wildman–Crippen MR) is 71.1 cm³/mol. The molecule has 1 rings (SSSR count). The van der Waals surface area contributed by atoms with Gasteiger partial charge in [-0.1, -0.05) is 13.8 Å². The zero-order valence-electron chi connectivity index (χ0n) is 12.1. The second-order valence-corrected chi connectivity index (χ2v) is 5.35. The summed E-state index contributed by atoms with van der Waals surface area (Å²) in [6.07, 6.45) is 0.550. The van der Waals surface area contributed by atoms with Crippen LogP contribution in [-0.2, 0) is 14.3 Å². The zero-order valence-corrected chi connectivity index (χ0v) is 12.1. The van der Waals surface area contributed by atoms with Gasteiger partial charge in [0.15, 0.2) is 0 Å². The number of hydrogen-bond donors (Lipinski definition) is 2. The lowest BCUT2D eigenvalue weighted by Gasteiger charge is -2.28. The summed E-state index contributed by atoms with van der Waals surface area (Å²) < 4.78 is 4.47. The number of carboxylic acids is 1. The lowest BCUT2D eigenvalue weighted by atomic mass is 9.76. The lowest BCUT2D eigenvalue weighted by Crippen LogP contribution is -2.44. The van der Waals surface area contributed by atoms with Crippen LogP contribution in [0.25, 0.3) is 0 Å². The van der Waals surface area contributed by atoms with E-state index in [1.807, 2.05) is 13.8 Å². The standard InChI is InChI=1S/C13H22N2O5/c1-9(2)13(11(17)18)5-7-15(8-13)12(19)14-6-4-10(16)20-3/h9H,4-8H2,1-3H3,(H,14,19)(H,17,18). The number of carbonyl (C=O) groups excluding carboxylic acids is 2. The average Bonchev–Trinajstić information content (AvgIpc) is 2.84. The number of nitrogens with zero attached hydrogens (tertiary/aromatic N) is 1. The largest absolute Gasteiger partial charge is 0.481 e. The SMILES string of the molecule is COC(=O)CCNC(=O)N1CCC(C(=O)O)(C(C)C)C1. The van der Waals surface area contributed by atoms with Gasteiger partial charge in [0.25, 0.3) is 0 Å². The van der Waals surface area contributed by atoms with Gasteiger partial charge in [0.2, 0.25) is 0 Å². The zero-order chi connectivity index (χ0) is 15.3. The molecule has 7 heteroatoms. The number of nitrogens with one attached hydrogen (secondary N) is 1. The monoisotopic (exact) mass is 286 g/mol. The van der Waals surface area contributed by atoms with Gasteiger partial charge in [-0.2, -0.15) is 0 Å². The molecule has 0 aliphatic carbocycles. The molecule has 1 aliphatic rings. The first-order valence-electron chi connectivity index (χ1n) is 6.66. The molecule has 1 heterocycles. The van der Waals surface area contributed by atoms with E-state index >= 15 is 0 Å². The Kier molecular flexibility index (Phi) is 5.35. The fourth-order valence-corrected chi connectivity index (χ4v) is 2.38. The molecule has 2 amide bonds. The van der Waals surface area contributed by atoms with E-state index in [4.69, 9.17) is 0 Å². The summed E-state index contributed by atoms with van der Waals surface area (Å²) in [7, 11) is 1.29. The molecule has 0 bridgehead atoms. The van der Waals surface area contributed by atoms with Gasteiger partial charge in [0, 0.05) is 19.6 Å². The van der Waals surface area contributed by atoms with Gasteiger partial charge in [-0.3, -0.25) is 9.59 Å². The highest BCUT2D eigenvalue weighted by molar-refractivity contribution is 5.80. The first-order chi connectivity index (χ1) is 9.33. The first-order valence-corrected chi connectivity index (χ1v) is 6.66. The summed E-state index contributed by atoms with van der Waals surface area (Å²) in [5.74, 6) is -1.31. The Morgan fingerprint density at radius 3 is 2.50 bits per heavy atom. The Labute approximate surface area is 118 Å². The molecule has 0 aromatic heterocycles. The van der Waals surface area contributed by atoms with Gasteiger partial charge >= 0.3 is 18.0 Å². The highest BCUT2D eigenvalue weighted by Crippen LogP contribution is 2.38. The minimum atomic E-state index is -0.875. The number of esters is 1. The van der Waals surface area contributed by atoms with Gasteiger partial charge in [-0.05, 0) is 12.3 Å². The Bertz CT molecular complexity index is 396. The van der Waals surface area contributed by atoms with Gasteiger partial charge in [-0.25, -0.2) is 4.79 Å². The Morgan fingerprint density at radius 2 is 2.05 bits per heavy atom. The maximum atomic E-state index is 11.9. The van der Waals surface area contributed by atoms with Crippen LogP contribution in [0.15, 0.2) is 0 Å². The van der Waals surface area contributed by atoms with E-state index < -0.39 is 17.4 Å². The molecule has 1 unspecified atom stereocenters. The molecule has 2 N–H and O–H groups in total. The fourth-order valence-electron chi connectivity index (χ4n) is 2.38. The lowest BCUT2D eigenvalue weighted by molar-refractivity contribution is -0.150. The summed E-state index contributed by atoms with van der Waals surface area (Å²) in [6, 6.07) is -0.335. The van der Waals surface area contributed by atoms with Crippen LogP contribution in [0.4, 0.5) is 4.79 Å². The normalized spacial score (nSPS) is 21.9. The van der Waals surface area contributed by atoms with Crippen molar-refractivity contribution in [1.29, 1.82) is 0 Å². The van der Waals surface area contributed by atoms with Crippen LogP contribution >= 0.6 is 0 Å². The number of amides is 2. The number of aliphatic carboxylic acids is 1.